The van der Waals surface area contributed by atoms with Crippen LogP contribution in [-0.4, -0.2) is 47.7 Å². The minimum Gasteiger partial charge on any atom is -0.494 e. The normalized spacial score (nSPS) is 10.9. The lowest BCUT2D eigenvalue weighted by Crippen LogP contribution is -1.96. The van der Waals surface area contributed by atoms with E-state index in [1.165, 1.54) is 11.3 Å². The van der Waals surface area contributed by atoms with E-state index in [9.17, 15) is 0 Å². The summed E-state index contributed by atoms with van der Waals surface area (Å²) in [6, 6.07) is 11.4. The van der Waals surface area contributed by atoms with Crippen LogP contribution in [0.5, 0.6) is 23.0 Å². The van der Waals surface area contributed by atoms with Crippen molar-refractivity contribution in [2.75, 3.05) is 27.9 Å². The number of rotatable bonds is 7. The van der Waals surface area contributed by atoms with Crippen LogP contribution in [0.25, 0.3) is 26.9 Å². The molecular weight excluding hydrogens is 392 g/mol. The predicted octanol–water partition coefficient (Wildman–Crippen LogP) is 3.94. The zero-order valence-corrected chi connectivity index (χ0v) is 17.3. The fourth-order valence-electron chi connectivity index (χ4n) is 3.01. The molecule has 0 bridgehead atoms. The number of ether oxygens (including phenoxy) is 4. The number of fused-ring (bicyclic) bond motifs is 1. The molecule has 29 heavy (non-hydrogen) atoms. The van der Waals surface area contributed by atoms with Crippen molar-refractivity contribution in [2.24, 2.45) is 0 Å². The van der Waals surface area contributed by atoms with E-state index in [1.807, 2.05) is 43.3 Å². The van der Waals surface area contributed by atoms with Crippen molar-refractivity contribution in [3.63, 3.8) is 0 Å². The molecular formula is C20H20N4O4S. The SMILES string of the molecule is CCOc1cccc(-c2nnc3sc(-c4cc(OC)c(OC)c(OC)c4)nn23)c1. The van der Waals surface area contributed by atoms with Gasteiger partial charge in [0.2, 0.25) is 10.7 Å². The Morgan fingerprint density at radius 2 is 1.69 bits per heavy atom. The maximum Gasteiger partial charge on any atom is 0.235 e. The minimum absolute atomic E-state index is 0.537. The monoisotopic (exact) mass is 412 g/mol. The first-order valence-electron chi connectivity index (χ1n) is 8.94. The second-order valence-electron chi connectivity index (χ2n) is 6.00. The Kier molecular flexibility index (Phi) is 5.22. The van der Waals surface area contributed by atoms with Crippen LogP contribution in [0.3, 0.4) is 0 Å². The molecule has 2 aromatic heterocycles. The molecule has 4 rings (SSSR count). The molecule has 0 unspecified atom stereocenters. The molecule has 0 amide bonds. The average molecular weight is 412 g/mol. The first-order valence-corrected chi connectivity index (χ1v) is 9.76. The first kappa shape index (κ1) is 19.0. The third-order valence-electron chi connectivity index (χ3n) is 4.31. The van der Waals surface area contributed by atoms with Gasteiger partial charge in [-0.25, -0.2) is 0 Å². The quantitative estimate of drug-likeness (QED) is 0.455. The van der Waals surface area contributed by atoms with Crippen LogP contribution in [0.2, 0.25) is 0 Å². The van der Waals surface area contributed by atoms with Gasteiger partial charge in [0.05, 0.1) is 27.9 Å². The molecule has 0 radical (unpaired) electrons. The van der Waals surface area contributed by atoms with Crippen molar-refractivity contribution in [1.29, 1.82) is 0 Å². The fraction of sp³-hybridized carbons (Fsp3) is 0.250. The summed E-state index contributed by atoms with van der Waals surface area (Å²) in [5, 5.41) is 14.0. The average Bonchev–Trinajstić information content (AvgIpc) is 3.34. The summed E-state index contributed by atoms with van der Waals surface area (Å²) < 4.78 is 23.6. The molecule has 150 valence electrons. The highest BCUT2D eigenvalue weighted by Gasteiger charge is 2.19. The Morgan fingerprint density at radius 1 is 0.931 bits per heavy atom. The van der Waals surface area contributed by atoms with Gasteiger partial charge in [-0.3, -0.25) is 0 Å². The van der Waals surface area contributed by atoms with Gasteiger partial charge in [0.15, 0.2) is 17.3 Å². The van der Waals surface area contributed by atoms with Gasteiger partial charge in [-0.1, -0.05) is 23.5 Å². The van der Waals surface area contributed by atoms with E-state index in [-0.39, 0.29) is 0 Å². The molecule has 2 heterocycles. The molecule has 0 atom stereocenters. The zero-order valence-electron chi connectivity index (χ0n) is 16.5. The molecule has 0 N–H and O–H groups in total. The third kappa shape index (κ3) is 3.44. The molecule has 0 aliphatic heterocycles. The van der Waals surface area contributed by atoms with Crippen LogP contribution >= 0.6 is 11.3 Å². The van der Waals surface area contributed by atoms with Crippen LogP contribution in [0.15, 0.2) is 36.4 Å². The van der Waals surface area contributed by atoms with E-state index in [0.29, 0.717) is 34.6 Å². The van der Waals surface area contributed by atoms with Gasteiger partial charge in [-0.05, 0) is 31.2 Å². The van der Waals surface area contributed by atoms with Crippen molar-refractivity contribution < 1.29 is 18.9 Å². The number of hydrogen-bond acceptors (Lipinski definition) is 8. The fourth-order valence-corrected chi connectivity index (χ4v) is 3.84. The molecule has 0 aliphatic rings. The van der Waals surface area contributed by atoms with E-state index < -0.39 is 0 Å². The molecule has 4 aromatic rings. The summed E-state index contributed by atoms with van der Waals surface area (Å²) >= 11 is 1.43. The summed E-state index contributed by atoms with van der Waals surface area (Å²) in [5.74, 6) is 3.10. The van der Waals surface area contributed by atoms with Gasteiger partial charge >= 0.3 is 0 Å². The third-order valence-corrected chi connectivity index (χ3v) is 5.25. The summed E-state index contributed by atoms with van der Waals surface area (Å²) in [5.41, 5.74) is 1.72. The van der Waals surface area contributed by atoms with E-state index in [1.54, 1.807) is 25.8 Å². The van der Waals surface area contributed by atoms with Crippen molar-refractivity contribution in [2.45, 2.75) is 6.92 Å². The number of benzene rings is 2. The highest BCUT2D eigenvalue weighted by Crippen LogP contribution is 2.42. The number of nitrogens with zero attached hydrogens (tertiary/aromatic N) is 4. The lowest BCUT2D eigenvalue weighted by atomic mass is 10.2. The first-order chi connectivity index (χ1) is 14.2. The summed E-state index contributed by atoms with van der Waals surface area (Å²) in [6.07, 6.45) is 0. The Bertz CT molecular complexity index is 1130. The van der Waals surface area contributed by atoms with Crippen molar-refractivity contribution in [3.05, 3.63) is 36.4 Å². The standard InChI is InChI=1S/C20H20N4O4S/c1-5-28-14-8-6-7-12(9-14)18-21-22-20-24(18)23-19(29-20)13-10-15(25-2)17(27-4)16(11-13)26-3/h6-11H,5H2,1-4H3. The summed E-state index contributed by atoms with van der Waals surface area (Å²) in [4.78, 5) is 0.686. The van der Waals surface area contributed by atoms with E-state index in [0.717, 1.165) is 21.9 Å². The molecule has 0 fully saturated rings. The Labute approximate surface area is 171 Å². The molecule has 0 spiro atoms. The molecule has 9 heteroatoms. The maximum absolute atomic E-state index is 5.59. The lowest BCUT2D eigenvalue weighted by Gasteiger charge is -2.13. The number of hydrogen-bond donors (Lipinski definition) is 0. The van der Waals surface area contributed by atoms with E-state index >= 15 is 0 Å². The summed E-state index contributed by atoms with van der Waals surface area (Å²) in [7, 11) is 4.75. The predicted molar refractivity (Wildman–Crippen MR) is 110 cm³/mol. The highest BCUT2D eigenvalue weighted by atomic mass is 32.1. The van der Waals surface area contributed by atoms with Crippen LogP contribution in [0.4, 0.5) is 0 Å². The van der Waals surface area contributed by atoms with Crippen molar-refractivity contribution in [1.82, 2.24) is 19.8 Å². The van der Waals surface area contributed by atoms with Gasteiger partial charge < -0.3 is 18.9 Å². The van der Waals surface area contributed by atoms with Gasteiger partial charge in [0.25, 0.3) is 0 Å². The molecule has 0 aliphatic carbocycles. The maximum atomic E-state index is 5.59. The zero-order chi connectivity index (χ0) is 20.4. The van der Waals surface area contributed by atoms with Gasteiger partial charge in [0.1, 0.15) is 10.8 Å². The van der Waals surface area contributed by atoms with E-state index in [4.69, 9.17) is 24.0 Å². The van der Waals surface area contributed by atoms with Crippen LogP contribution in [-0.2, 0) is 0 Å². The van der Waals surface area contributed by atoms with Gasteiger partial charge in [0, 0.05) is 11.1 Å². The van der Waals surface area contributed by atoms with Gasteiger partial charge in [-0.2, -0.15) is 9.61 Å². The second kappa shape index (κ2) is 7.96. The summed E-state index contributed by atoms with van der Waals surface area (Å²) in [6.45, 7) is 2.55. The van der Waals surface area contributed by atoms with Crippen LogP contribution < -0.4 is 18.9 Å². The highest BCUT2D eigenvalue weighted by molar-refractivity contribution is 7.19. The van der Waals surface area contributed by atoms with Crippen LogP contribution in [0.1, 0.15) is 6.92 Å². The van der Waals surface area contributed by atoms with Crippen molar-refractivity contribution in [3.8, 4) is 45.0 Å². The Morgan fingerprint density at radius 3 is 2.34 bits per heavy atom. The minimum atomic E-state index is 0.537. The Balaban J connectivity index is 1.79. The second-order valence-corrected chi connectivity index (χ2v) is 6.96. The molecule has 0 saturated carbocycles. The van der Waals surface area contributed by atoms with E-state index in [2.05, 4.69) is 10.2 Å². The van der Waals surface area contributed by atoms with Crippen molar-refractivity contribution >= 4 is 16.3 Å². The molecule has 0 saturated heterocycles. The Hall–Kier alpha value is -3.33. The van der Waals surface area contributed by atoms with Crippen LogP contribution in [0, 0.1) is 0 Å². The lowest BCUT2D eigenvalue weighted by molar-refractivity contribution is 0.324. The number of aromatic nitrogens is 4. The number of methoxy groups -OCH3 is 3. The smallest absolute Gasteiger partial charge is 0.235 e. The molecule has 8 nitrogen and oxygen atoms in total. The van der Waals surface area contributed by atoms with Gasteiger partial charge in [-0.15, -0.1) is 10.2 Å². The molecule has 2 aromatic carbocycles. The topological polar surface area (TPSA) is 80.0 Å². The largest absolute Gasteiger partial charge is 0.494 e.